The van der Waals surface area contributed by atoms with Gasteiger partial charge in [0.15, 0.2) is 0 Å². The van der Waals surface area contributed by atoms with Crippen molar-refractivity contribution in [3.05, 3.63) is 24.3 Å². The van der Waals surface area contributed by atoms with Crippen LogP contribution in [0.15, 0.2) is 29.2 Å². The van der Waals surface area contributed by atoms with Gasteiger partial charge in [0.05, 0.1) is 12.4 Å². The smallest absolute Gasteiger partial charge is 0.235 e. The lowest BCUT2D eigenvalue weighted by Gasteiger charge is -2.32. The van der Waals surface area contributed by atoms with Crippen LogP contribution in [-0.2, 0) is 4.79 Å². The van der Waals surface area contributed by atoms with Gasteiger partial charge in [0.25, 0.3) is 0 Å². The first kappa shape index (κ1) is 16.2. The standard InChI is InChI=1S/C17H25NO2S/c1-13(21-16-11-7-10-15(12-16)20-3)17(19)18(2)14-8-5-4-6-9-14/h7,10-14H,4-6,8-9H2,1-3H3. The van der Waals surface area contributed by atoms with E-state index in [0.29, 0.717) is 6.04 Å². The zero-order valence-electron chi connectivity index (χ0n) is 13.2. The summed E-state index contributed by atoms with van der Waals surface area (Å²) in [5, 5.41) is -0.0657. The molecule has 21 heavy (non-hydrogen) atoms. The highest BCUT2D eigenvalue weighted by atomic mass is 32.2. The second-order valence-electron chi connectivity index (χ2n) is 5.68. The first-order chi connectivity index (χ1) is 10.1. The monoisotopic (exact) mass is 307 g/mol. The van der Waals surface area contributed by atoms with Crippen molar-refractivity contribution in [1.82, 2.24) is 4.90 Å². The van der Waals surface area contributed by atoms with E-state index in [4.69, 9.17) is 4.74 Å². The van der Waals surface area contributed by atoms with Crippen LogP contribution in [0.25, 0.3) is 0 Å². The number of thioether (sulfide) groups is 1. The molecule has 116 valence electrons. The van der Waals surface area contributed by atoms with E-state index in [2.05, 4.69) is 0 Å². The van der Waals surface area contributed by atoms with Gasteiger partial charge in [-0.3, -0.25) is 4.79 Å². The number of carbonyl (C=O) groups is 1. The Bertz CT molecular complexity index is 472. The van der Waals surface area contributed by atoms with Crippen molar-refractivity contribution in [2.45, 2.75) is 55.2 Å². The fourth-order valence-corrected chi connectivity index (χ4v) is 3.88. The Hall–Kier alpha value is -1.16. The summed E-state index contributed by atoms with van der Waals surface area (Å²) in [6, 6.07) is 8.32. The predicted molar refractivity (Wildman–Crippen MR) is 88.0 cm³/mol. The summed E-state index contributed by atoms with van der Waals surface area (Å²) in [7, 11) is 3.62. The van der Waals surface area contributed by atoms with E-state index in [1.807, 2.05) is 43.1 Å². The van der Waals surface area contributed by atoms with Gasteiger partial charge < -0.3 is 9.64 Å². The van der Waals surface area contributed by atoms with Gasteiger partial charge >= 0.3 is 0 Å². The zero-order valence-corrected chi connectivity index (χ0v) is 14.0. The van der Waals surface area contributed by atoms with E-state index in [1.54, 1.807) is 18.9 Å². The number of benzene rings is 1. The minimum atomic E-state index is -0.0657. The van der Waals surface area contributed by atoms with Crippen molar-refractivity contribution in [3.63, 3.8) is 0 Å². The van der Waals surface area contributed by atoms with E-state index >= 15 is 0 Å². The molecule has 0 radical (unpaired) electrons. The number of hydrogen-bond donors (Lipinski definition) is 0. The zero-order chi connectivity index (χ0) is 15.2. The Balaban J connectivity index is 1.94. The lowest BCUT2D eigenvalue weighted by molar-refractivity contribution is -0.131. The van der Waals surface area contributed by atoms with Crippen LogP contribution in [0.2, 0.25) is 0 Å². The summed E-state index contributed by atoms with van der Waals surface area (Å²) in [4.78, 5) is 15.6. The summed E-state index contributed by atoms with van der Waals surface area (Å²) in [5.41, 5.74) is 0. The van der Waals surface area contributed by atoms with Gasteiger partial charge in [-0.1, -0.05) is 25.3 Å². The van der Waals surface area contributed by atoms with Crippen molar-refractivity contribution in [1.29, 1.82) is 0 Å². The Morgan fingerprint density at radius 2 is 2.05 bits per heavy atom. The summed E-state index contributed by atoms with van der Waals surface area (Å²) in [6.45, 7) is 1.99. The molecule has 1 fully saturated rings. The van der Waals surface area contributed by atoms with Crippen molar-refractivity contribution in [2.24, 2.45) is 0 Å². The minimum absolute atomic E-state index is 0.0657. The van der Waals surface area contributed by atoms with Gasteiger partial charge in [-0.15, -0.1) is 11.8 Å². The molecular formula is C17H25NO2S. The second-order valence-corrected chi connectivity index (χ2v) is 7.09. The molecule has 1 aromatic carbocycles. The van der Waals surface area contributed by atoms with Gasteiger partial charge in [-0.05, 0) is 38.0 Å². The van der Waals surface area contributed by atoms with Crippen LogP contribution >= 0.6 is 11.8 Å². The molecule has 1 saturated carbocycles. The third-order valence-corrected chi connectivity index (χ3v) is 5.25. The van der Waals surface area contributed by atoms with E-state index < -0.39 is 0 Å². The molecule has 4 heteroatoms. The first-order valence-corrected chi connectivity index (χ1v) is 8.57. The molecule has 1 unspecified atom stereocenters. The number of rotatable bonds is 5. The lowest BCUT2D eigenvalue weighted by Crippen LogP contribution is -2.42. The van der Waals surface area contributed by atoms with Gasteiger partial charge in [0.1, 0.15) is 5.75 Å². The fraction of sp³-hybridized carbons (Fsp3) is 0.588. The molecule has 1 atom stereocenters. The number of carbonyl (C=O) groups excluding carboxylic acids is 1. The molecule has 0 spiro atoms. The molecule has 1 aliphatic carbocycles. The van der Waals surface area contributed by atoms with Gasteiger partial charge in [0.2, 0.25) is 5.91 Å². The third kappa shape index (κ3) is 4.40. The van der Waals surface area contributed by atoms with Crippen molar-refractivity contribution >= 4 is 17.7 Å². The Morgan fingerprint density at radius 3 is 2.71 bits per heavy atom. The molecule has 0 bridgehead atoms. The van der Waals surface area contributed by atoms with E-state index in [1.165, 1.54) is 19.3 Å². The molecule has 0 N–H and O–H groups in total. The van der Waals surface area contributed by atoms with E-state index in [9.17, 15) is 4.79 Å². The van der Waals surface area contributed by atoms with Gasteiger partial charge in [-0.25, -0.2) is 0 Å². The quantitative estimate of drug-likeness (QED) is 0.771. The molecule has 1 amide bonds. The van der Waals surface area contributed by atoms with Crippen LogP contribution in [0.5, 0.6) is 5.75 Å². The topological polar surface area (TPSA) is 29.5 Å². The summed E-state index contributed by atoms with van der Waals surface area (Å²) >= 11 is 1.60. The highest BCUT2D eigenvalue weighted by Crippen LogP contribution is 2.29. The Morgan fingerprint density at radius 1 is 1.33 bits per heavy atom. The fourth-order valence-electron chi connectivity index (χ4n) is 2.86. The SMILES string of the molecule is COc1cccc(SC(C)C(=O)N(C)C2CCCCC2)c1. The van der Waals surface area contributed by atoms with Crippen LogP contribution in [0.4, 0.5) is 0 Å². The van der Waals surface area contributed by atoms with Crippen LogP contribution in [0.3, 0.4) is 0 Å². The number of ether oxygens (including phenoxy) is 1. The van der Waals surface area contributed by atoms with Crippen molar-refractivity contribution < 1.29 is 9.53 Å². The van der Waals surface area contributed by atoms with Crippen molar-refractivity contribution in [3.8, 4) is 5.75 Å². The van der Waals surface area contributed by atoms with E-state index in [-0.39, 0.29) is 11.2 Å². The second kappa shape index (κ2) is 7.74. The predicted octanol–water partition coefficient (Wildman–Crippen LogP) is 3.97. The van der Waals surface area contributed by atoms with Gasteiger partial charge in [0, 0.05) is 18.0 Å². The maximum atomic E-state index is 12.6. The third-order valence-electron chi connectivity index (χ3n) is 4.17. The summed E-state index contributed by atoms with van der Waals surface area (Å²) in [5.74, 6) is 1.06. The molecule has 1 aliphatic rings. The van der Waals surface area contributed by atoms with E-state index in [0.717, 1.165) is 23.5 Å². The highest BCUT2D eigenvalue weighted by Gasteiger charge is 2.26. The van der Waals surface area contributed by atoms with Crippen LogP contribution in [0.1, 0.15) is 39.0 Å². The van der Waals surface area contributed by atoms with Gasteiger partial charge in [-0.2, -0.15) is 0 Å². The Kier molecular flexibility index (Phi) is 5.97. The molecule has 1 aromatic rings. The number of hydrogen-bond acceptors (Lipinski definition) is 3. The molecule has 0 aromatic heterocycles. The summed E-state index contributed by atoms with van der Waals surface area (Å²) in [6.07, 6.45) is 6.11. The molecular weight excluding hydrogens is 282 g/mol. The molecule has 0 aliphatic heterocycles. The molecule has 0 saturated heterocycles. The number of methoxy groups -OCH3 is 1. The molecule has 2 rings (SSSR count). The van der Waals surface area contributed by atoms with Crippen LogP contribution in [-0.4, -0.2) is 36.3 Å². The number of nitrogens with zero attached hydrogens (tertiary/aromatic N) is 1. The Labute approximate surface area is 132 Å². The highest BCUT2D eigenvalue weighted by molar-refractivity contribution is 8.00. The van der Waals surface area contributed by atoms with Crippen molar-refractivity contribution in [2.75, 3.05) is 14.2 Å². The summed E-state index contributed by atoms with van der Waals surface area (Å²) < 4.78 is 5.23. The first-order valence-electron chi connectivity index (χ1n) is 7.69. The van der Waals surface area contributed by atoms with Crippen LogP contribution in [0, 0.1) is 0 Å². The lowest BCUT2D eigenvalue weighted by atomic mass is 9.94. The minimum Gasteiger partial charge on any atom is -0.497 e. The largest absolute Gasteiger partial charge is 0.497 e. The molecule has 0 heterocycles. The normalized spacial score (nSPS) is 17.3. The van der Waals surface area contributed by atoms with Crippen LogP contribution < -0.4 is 4.74 Å². The molecule has 3 nitrogen and oxygen atoms in total. The average molecular weight is 307 g/mol. The maximum absolute atomic E-state index is 12.6. The maximum Gasteiger partial charge on any atom is 0.235 e. The number of amides is 1. The average Bonchev–Trinajstić information content (AvgIpc) is 2.54.